The lowest BCUT2D eigenvalue weighted by Crippen LogP contribution is -2.14. The van der Waals surface area contributed by atoms with E-state index in [-0.39, 0.29) is 4.90 Å². The van der Waals surface area contributed by atoms with Crippen molar-refractivity contribution in [3.05, 3.63) is 66.6 Å². The number of anilines is 1. The zero-order chi connectivity index (χ0) is 18.1. The first-order valence-electron chi connectivity index (χ1n) is 7.78. The van der Waals surface area contributed by atoms with Gasteiger partial charge in [-0.25, -0.2) is 18.4 Å². The minimum atomic E-state index is -3.70. The van der Waals surface area contributed by atoms with Crippen LogP contribution in [0.1, 0.15) is 5.56 Å². The molecule has 0 unspecified atom stereocenters. The quantitative estimate of drug-likeness (QED) is 0.579. The molecule has 0 bridgehead atoms. The number of thiazole rings is 1. The van der Waals surface area contributed by atoms with Gasteiger partial charge in [0.2, 0.25) is 0 Å². The fourth-order valence-corrected chi connectivity index (χ4v) is 4.46. The molecule has 0 amide bonds. The summed E-state index contributed by atoms with van der Waals surface area (Å²) >= 11 is 1.47. The van der Waals surface area contributed by atoms with E-state index in [0.29, 0.717) is 5.69 Å². The number of pyridine rings is 2. The third-order valence-electron chi connectivity index (χ3n) is 3.84. The summed E-state index contributed by atoms with van der Waals surface area (Å²) in [5.74, 6) is 0. The smallest absolute Gasteiger partial charge is 0.263 e. The Hall–Kier alpha value is -2.84. The van der Waals surface area contributed by atoms with Crippen molar-refractivity contribution in [3.63, 3.8) is 0 Å². The molecule has 8 heteroatoms. The van der Waals surface area contributed by atoms with Gasteiger partial charge in [-0.3, -0.25) is 9.71 Å². The van der Waals surface area contributed by atoms with Crippen molar-refractivity contribution >= 4 is 37.4 Å². The van der Waals surface area contributed by atoms with Crippen LogP contribution in [0.3, 0.4) is 0 Å². The number of nitrogens with zero attached hydrogens (tertiary/aromatic N) is 3. The lowest BCUT2D eigenvalue weighted by atomic mass is 10.1. The second-order valence-electron chi connectivity index (χ2n) is 5.67. The van der Waals surface area contributed by atoms with E-state index in [1.807, 2.05) is 31.2 Å². The first kappa shape index (κ1) is 16.6. The molecular weight excluding hydrogens is 368 g/mol. The SMILES string of the molecule is Cc1ccc(-c2nc3cccnc3s2)cc1NS(=O)(=O)c1cccnc1. The van der Waals surface area contributed by atoms with Gasteiger partial charge in [-0.1, -0.05) is 23.5 Å². The fraction of sp³-hybridized carbons (Fsp3) is 0.0556. The van der Waals surface area contributed by atoms with Gasteiger partial charge < -0.3 is 0 Å². The molecule has 0 saturated heterocycles. The number of hydrogen-bond acceptors (Lipinski definition) is 6. The first-order chi connectivity index (χ1) is 12.5. The molecule has 26 heavy (non-hydrogen) atoms. The number of rotatable bonds is 4. The summed E-state index contributed by atoms with van der Waals surface area (Å²) < 4.78 is 27.8. The van der Waals surface area contributed by atoms with Crippen LogP contribution < -0.4 is 4.72 Å². The Labute approximate surface area is 154 Å². The highest BCUT2D eigenvalue weighted by Crippen LogP contribution is 2.32. The molecule has 3 aromatic heterocycles. The van der Waals surface area contributed by atoms with Crippen LogP contribution in [0.5, 0.6) is 0 Å². The van der Waals surface area contributed by atoms with E-state index in [4.69, 9.17) is 0 Å². The molecule has 0 aliphatic rings. The van der Waals surface area contributed by atoms with Gasteiger partial charge in [-0.05, 0) is 42.8 Å². The van der Waals surface area contributed by atoms with E-state index in [1.165, 1.54) is 29.8 Å². The number of fused-ring (bicyclic) bond motifs is 1. The molecule has 1 aromatic carbocycles. The normalized spacial score (nSPS) is 11.6. The second kappa shape index (κ2) is 6.47. The van der Waals surface area contributed by atoms with E-state index in [1.54, 1.807) is 18.3 Å². The van der Waals surface area contributed by atoms with Crippen molar-refractivity contribution in [2.75, 3.05) is 4.72 Å². The number of hydrogen-bond donors (Lipinski definition) is 1. The van der Waals surface area contributed by atoms with Gasteiger partial charge in [-0.15, -0.1) is 0 Å². The Bertz CT molecular complexity index is 1160. The zero-order valence-electron chi connectivity index (χ0n) is 13.7. The van der Waals surface area contributed by atoms with Crippen LogP contribution in [0.2, 0.25) is 0 Å². The van der Waals surface area contributed by atoms with E-state index in [0.717, 1.165) is 26.5 Å². The van der Waals surface area contributed by atoms with Crippen LogP contribution in [0, 0.1) is 6.92 Å². The van der Waals surface area contributed by atoms with Crippen molar-refractivity contribution in [1.29, 1.82) is 0 Å². The summed E-state index contributed by atoms with van der Waals surface area (Å²) in [5, 5.41) is 0.792. The van der Waals surface area contributed by atoms with Gasteiger partial charge in [-0.2, -0.15) is 0 Å². The molecule has 0 fully saturated rings. The van der Waals surface area contributed by atoms with Crippen LogP contribution >= 0.6 is 11.3 Å². The second-order valence-corrected chi connectivity index (χ2v) is 8.33. The minimum Gasteiger partial charge on any atom is -0.279 e. The van der Waals surface area contributed by atoms with Gasteiger partial charge in [0.15, 0.2) is 0 Å². The van der Waals surface area contributed by atoms with Gasteiger partial charge in [0.25, 0.3) is 10.0 Å². The van der Waals surface area contributed by atoms with Gasteiger partial charge in [0.05, 0.1) is 5.69 Å². The maximum Gasteiger partial charge on any atom is 0.263 e. The van der Waals surface area contributed by atoms with Crippen molar-refractivity contribution < 1.29 is 8.42 Å². The molecule has 6 nitrogen and oxygen atoms in total. The molecule has 0 aliphatic carbocycles. The maximum atomic E-state index is 12.6. The van der Waals surface area contributed by atoms with Crippen LogP contribution in [0.4, 0.5) is 5.69 Å². The molecule has 4 aromatic rings. The molecule has 130 valence electrons. The Morgan fingerprint density at radius 2 is 1.92 bits per heavy atom. The van der Waals surface area contributed by atoms with Crippen LogP contribution in [-0.4, -0.2) is 23.4 Å². The summed E-state index contributed by atoms with van der Waals surface area (Å²) in [4.78, 5) is 13.7. The highest BCUT2D eigenvalue weighted by atomic mass is 32.2. The molecule has 0 radical (unpaired) electrons. The summed E-state index contributed by atoms with van der Waals surface area (Å²) in [6.45, 7) is 1.85. The third-order valence-corrected chi connectivity index (χ3v) is 6.22. The van der Waals surface area contributed by atoms with Crippen molar-refractivity contribution in [3.8, 4) is 10.6 Å². The van der Waals surface area contributed by atoms with E-state index in [9.17, 15) is 8.42 Å². The zero-order valence-corrected chi connectivity index (χ0v) is 15.4. The third kappa shape index (κ3) is 3.16. The lowest BCUT2D eigenvalue weighted by molar-refractivity contribution is 0.601. The van der Waals surface area contributed by atoms with Crippen LogP contribution in [-0.2, 0) is 10.0 Å². The first-order valence-corrected chi connectivity index (χ1v) is 10.1. The number of sulfonamides is 1. The summed E-state index contributed by atoms with van der Waals surface area (Å²) in [6, 6.07) is 12.4. The van der Waals surface area contributed by atoms with Crippen molar-refractivity contribution in [1.82, 2.24) is 15.0 Å². The Morgan fingerprint density at radius 1 is 1.08 bits per heavy atom. The molecule has 0 atom stereocenters. The van der Waals surface area contributed by atoms with E-state index < -0.39 is 10.0 Å². The highest BCUT2D eigenvalue weighted by Gasteiger charge is 2.16. The summed E-state index contributed by atoms with van der Waals surface area (Å²) in [6.07, 6.45) is 4.58. The Balaban J connectivity index is 1.73. The Kier molecular flexibility index (Phi) is 4.14. The number of benzene rings is 1. The topological polar surface area (TPSA) is 84.8 Å². The fourth-order valence-electron chi connectivity index (χ4n) is 2.47. The van der Waals surface area contributed by atoms with E-state index >= 15 is 0 Å². The average Bonchev–Trinajstić information content (AvgIpc) is 3.08. The van der Waals surface area contributed by atoms with Crippen molar-refractivity contribution in [2.24, 2.45) is 0 Å². The predicted octanol–water partition coefficient (Wildman–Crippen LogP) is 3.86. The van der Waals surface area contributed by atoms with Crippen LogP contribution in [0.15, 0.2) is 66.0 Å². The highest BCUT2D eigenvalue weighted by molar-refractivity contribution is 7.92. The molecule has 1 N–H and O–H groups in total. The van der Waals surface area contributed by atoms with Gasteiger partial charge in [0, 0.05) is 24.2 Å². The monoisotopic (exact) mass is 382 g/mol. The number of nitrogens with one attached hydrogen (secondary N) is 1. The van der Waals surface area contributed by atoms with Crippen LogP contribution in [0.25, 0.3) is 20.9 Å². The van der Waals surface area contributed by atoms with Crippen molar-refractivity contribution in [2.45, 2.75) is 11.8 Å². The number of aryl methyl sites for hydroxylation is 1. The Morgan fingerprint density at radius 3 is 2.69 bits per heavy atom. The standard InChI is InChI=1S/C18H14N4O2S2/c1-12-6-7-13(17-21-15-5-3-9-20-18(15)25-17)10-16(12)22-26(23,24)14-4-2-8-19-11-14/h2-11,22H,1H3. The summed E-state index contributed by atoms with van der Waals surface area (Å²) in [5.41, 5.74) is 2.99. The maximum absolute atomic E-state index is 12.6. The molecular formula is C18H14N4O2S2. The van der Waals surface area contributed by atoms with E-state index in [2.05, 4.69) is 19.7 Å². The molecule has 0 aliphatic heterocycles. The molecule has 3 heterocycles. The summed E-state index contributed by atoms with van der Waals surface area (Å²) in [7, 11) is -3.70. The predicted molar refractivity (Wildman–Crippen MR) is 103 cm³/mol. The van der Waals surface area contributed by atoms with Gasteiger partial charge >= 0.3 is 0 Å². The largest absolute Gasteiger partial charge is 0.279 e. The van der Waals surface area contributed by atoms with Gasteiger partial charge in [0.1, 0.15) is 20.3 Å². The molecule has 0 saturated carbocycles. The molecule has 4 rings (SSSR count). The minimum absolute atomic E-state index is 0.119. The number of aromatic nitrogens is 3. The average molecular weight is 382 g/mol. The lowest BCUT2D eigenvalue weighted by Gasteiger charge is -2.11. The molecule has 0 spiro atoms.